The molecule has 30 heavy (non-hydrogen) atoms. The minimum Gasteiger partial charge on any atom is -0.543 e. The summed E-state index contributed by atoms with van der Waals surface area (Å²) in [5.41, 5.74) is 8.78. The van der Waals surface area contributed by atoms with E-state index in [4.69, 9.17) is 10.2 Å². The second-order valence-electron chi connectivity index (χ2n) is 8.86. The van der Waals surface area contributed by atoms with Gasteiger partial charge in [0.15, 0.2) is 0 Å². The Balaban J connectivity index is 1.97. The average Bonchev–Trinajstić information content (AvgIpc) is 2.63. The molecule has 0 radical (unpaired) electrons. The fourth-order valence-electron chi connectivity index (χ4n) is 2.68. The summed E-state index contributed by atoms with van der Waals surface area (Å²) >= 11 is 1.36. The van der Waals surface area contributed by atoms with Gasteiger partial charge in [0.05, 0.1) is 10.6 Å². The van der Waals surface area contributed by atoms with Crippen molar-refractivity contribution in [3.05, 3.63) is 54.1 Å². The normalized spacial score (nSPS) is 12.1. The van der Waals surface area contributed by atoms with Crippen molar-refractivity contribution in [3.8, 4) is 22.8 Å². The molecule has 5 nitrogen and oxygen atoms in total. The van der Waals surface area contributed by atoms with Crippen LogP contribution in [0.5, 0.6) is 11.5 Å². The maximum Gasteiger partial charge on any atom is 0.250 e. The Hall–Kier alpha value is -2.51. The Morgan fingerprint density at radius 2 is 1.73 bits per heavy atom. The Morgan fingerprint density at radius 3 is 2.40 bits per heavy atom. The summed E-state index contributed by atoms with van der Waals surface area (Å²) in [6, 6.07) is 15.2. The van der Waals surface area contributed by atoms with Crippen LogP contribution in [0.1, 0.15) is 26.3 Å². The lowest BCUT2D eigenvalue weighted by Crippen LogP contribution is -2.43. The summed E-state index contributed by atoms with van der Waals surface area (Å²) < 4.78 is 6.48. The molecule has 0 fully saturated rings. The third-order valence-corrected chi connectivity index (χ3v) is 10.8. The average molecular weight is 440 g/mol. The Labute approximate surface area is 183 Å². The van der Waals surface area contributed by atoms with Gasteiger partial charge in [-0.15, -0.1) is 0 Å². The molecule has 158 valence electrons. The molecule has 1 aromatic heterocycles. The molecule has 0 unspecified atom stereocenters. The molecule has 0 spiro atoms. The van der Waals surface area contributed by atoms with E-state index in [0.29, 0.717) is 9.92 Å². The van der Waals surface area contributed by atoms with Gasteiger partial charge in [0.2, 0.25) is 14.3 Å². The van der Waals surface area contributed by atoms with Crippen LogP contribution in [0.2, 0.25) is 18.1 Å². The molecule has 0 atom stereocenters. The zero-order valence-electron chi connectivity index (χ0n) is 18.4. The van der Waals surface area contributed by atoms with E-state index in [9.17, 15) is 5.11 Å². The number of nitrogen functional groups attached to an aromatic ring is 1. The van der Waals surface area contributed by atoms with Crippen LogP contribution >= 0.6 is 11.8 Å². The van der Waals surface area contributed by atoms with Gasteiger partial charge in [-0.05, 0) is 61.0 Å². The number of phenolic OH excluding ortho intramolecular Hbond substituents is 1. The predicted octanol–water partition coefficient (Wildman–Crippen LogP) is 6.28. The van der Waals surface area contributed by atoms with Crippen LogP contribution in [-0.4, -0.2) is 23.4 Å². The first-order valence-electron chi connectivity index (χ1n) is 9.87. The van der Waals surface area contributed by atoms with E-state index < -0.39 is 8.32 Å². The van der Waals surface area contributed by atoms with E-state index in [1.807, 2.05) is 43.3 Å². The first-order chi connectivity index (χ1) is 14.0. The lowest BCUT2D eigenvalue weighted by Gasteiger charge is -2.36. The highest BCUT2D eigenvalue weighted by molar-refractivity contribution is 7.99. The number of hydrogen-bond donors (Lipinski definition) is 2. The van der Waals surface area contributed by atoms with E-state index in [0.717, 1.165) is 22.6 Å². The molecule has 7 heteroatoms. The van der Waals surface area contributed by atoms with Crippen molar-refractivity contribution in [1.29, 1.82) is 0 Å². The van der Waals surface area contributed by atoms with Crippen molar-refractivity contribution in [2.75, 3.05) is 5.73 Å². The van der Waals surface area contributed by atoms with Crippen molar-refractivity contribution in [2.24, 2.45) is 0 Å². The van der Waals surface area contributed by atoms with Crippen molar-refractivity contribution >= 4 is 26.0 Å². The molecule has 0 amide bonds. The highest BCUT2D eigenvalue weighted by atomic mass is 32.2. The fraction of sp³-hybridized carbons (Fsp3) is 0.304. The molecule has 0 aliphatic rings. The molecule has 3 aromatic rings. The van der Waals surface area contributed by atoms with Crippen LogP contribution in [0.25, 0.3) is 11.3 Å². The summed E-state index contributed by atoms with van der Waals surface area (Å²) in [5, 5.41) is 10.9. The maximum absolute atomic E-state index is 10.1. The molecular weight excluding hydrogens is 410 g/mol. The minimum atomic E-state index is -1.96. The number of anilines is 1. The topological polar surface area (TPSA) is 81.3 Å². The number of rotatable bonds is 5. The Kier molecular flexibility index (Phi) is 6.15. The molecule has 0 saturated carbocycles. The second kappa shape index (κ2) is 8.32. The van der Waals surface area contributed by atoms with Gasteiger partial charge in [0, 0.05) is 5.56 Å². The number of hydrogen-bond acceptors (Lipinski definition) is 6. The minimum absolute atomic E-state index is 0.110. The monoisotopic (exact) mass is 439 g/mol. The van der Waals surface area contributed by atoms with E-state index in [1.165, 1.54) is 11.8 Å². The van der Waals surface area contributed by atoms with Crippen LogP contribution in [0.15, 0.2) is 58.5 Å². The molecule has 2 aromatic carbocycles. The van der Waals surface area contributed by atoms with E-state index >= 15 is 0 Å². The van der Waals surface area contributed by atoms with Crippen molar-refractivity contribution in [1.82, 2.24) is 9.97 Å². The molecule has 3 N–H and O–H groups in total. The number of aromatic hydroxyl groups is 1. The summed E-state index contributed by atoms with van der Waals surface area (Å²) in [5.74, 6) is 1.25. The first-order valence-corrected chi connectivity index (χ1v) is 13.6. The zero-order valence-corrected chi connectivity index (χ0v) is 20.2. The summed E-state index contributed by atoms with van der Waals surface area (Å²) in [6.45, 7) is 13.2. The van der Waals surface area contributed by atoms with E-state index in [-0.39, 0.29) is 16.7 Å². The van der Waals surface area contributed by atoms with Crippen molar-refractivity contribution in [2.45, 2.75) is 55.7 Å². The lowest BCUT2D eigenvalue weighted by atomic mass is 10.1. The number of aromatic nitrogens is 2. The Bertz CT molecular complexity index is 1060. The fourth-order valence-corrected chi connectivity index (χ4v) is 4.55. The van der Waals surface area contributed by atoms with Crippen molar-refractivity contribution in [3.63, 3.8) is 0 Å². The van der Waals surface area contributed by atoms with E-state index in [2.05, 4.69) is 43.8 Å². The van der Waals surface area contributed by atoms with Crippen LogP contribution < -0.4 is 10.2 Å². The molecule has 0 aliphatic carbocycles. The highest BCUT2D eigenvalue weighted by Gasteiger charge is 2.39. The predicted molar refractivity (Wildman–Crippen MR) is 127 cm³/mol. The standard InChI is InChI=1S/C23H29N3O2SSi/c1-15-11-12-16(28-30(5,6)23(2,3)4)13-17(15)18-14-21(26-22(24)25-18)29-20-10-8-7-9-19(20)27/h7-14,27H,1-6H3,(H2,24,25,26). The summed E-state index contributed by atoms with van der Waals surface area (Å²) in [6.07, 6.45) is 0. The largest absolute Gasteiger partial charge is 0.543 e. The molecule has 0 aliphatic heterocycles. The number of aryl methyl sites for hydroxylation is 1. The quantitative estimate of drug-likeness (QED) is 0.360. The smallest absolute Gasteiger partial charge is 0.250 e. The van der Waals surface area contributed by atoms with E-state index in [1.54, 1.807) is 12.1 Å². The van der Waals surface area contributed by atoms with Gasteiger partial charge in [0.1, 0.15) is 16.5 Å². The summed E-state index contributed by atoms with van der Waals surface area (Å²) in [7, 11) is -1.96. The van der Waals surface area contributed by atoms with Crippen molar-refractivity contribution < 1.29 is 9.53 Å². The molecule has 0 saturated heterocycles. The Morgan fingerprint density at radius 1 is 1.03 bits per heavy atom. The first kappa shape index (κ1) is 22.2. The van der Waals surface area contributed by atoms with Crippen LogP contribution in [0, 0.1) is 6.92 Å². The van der Waals surface area contributed by atoms with Gasteiger partial charge < -0.3 is 15.3 Å². The zero-order chi connectivity index (χ0) is 22.1. The van der Waals surface area contributed by atoms with Crippen LogP contribution in [0.3, 0.4) is 0 Å². The third-order valence-electron chi connectivity index (χ3n) is 5.46. The molecule has 0 bridgehead atoms. The second-order valence-corrected chi connectivity index (χ2v) is 14.6. The van der Waals surface area contributed by atoms with Gasteiger partial charge in [-0.3, -0.25) is 0 Å². The summed E-state index contributed by atoms with van der Waals surface area (Å²) in [4.78, 5) is 9.51. The molecule has 1 heterocycles. The van der Waals surface area contributed by atoms with Gasteiger partial charge in [0.25, 0.3) is 0 Å². The maximum atomic E-state index is 10.1. The number of benzene rings is 2. The van der Waals surface area contributed by atoms with Crippen LogP contribution in [-0.2, 0) is 0 Å². The van der Waals surface area contributed by atoms with Gasteiger partial charge in [-0.2, -0.15) is 0 Å². The van der Waals surface area contributed by atoms with Gasteiger partial charge in [-0.25, -0.2) is 9.97 Å². The highest BCUT2D eigenvalue weighted by Crippen LogP contribution is 2.39. The third kappa shape index (κ3) is 4.96. The number of nitrogens with zero attached hydrogens (tertiary/aromatic N) is 2. The molecule has 3 rings (SSSR count). The SMILES string of the molecule is Cc1ccc(O[Si](C)(C)C(C)(C)C)cc1-c1cc(Sc2ccccc2O)nc(N)n1. The number of nitrogens with two attached hydrogens (primary N) is 1. The number of phenols is 1. The van der Waals surface area contributed by atoms with Gasteiger partial charge in [-0.1, -0.05) is 50.7 Å². The lowest BCUT2D eigenvalue weighted by molar-refractivity contribution is 0.462. The molecular formula is C23H29N3O2SSi. The number of para-hydroxylation sites is 1. The van der Waals surface area contributed by atoms with Gasteiger partial charge >= 0.3 is 0 Å². The van der Waals surface area contributed by atoms with Crippen LogP contribution in [0.4, 0.5) is 5.95 Å².